The Balaban J connectivity index is 1.03. The molecule has 0 saturated heterocycles. The van der Waals surface area contributed by atoms with Crippen LogP contribution in [0.25, 0.3) is 66.1 Å². The Morgan fingerprint density at radius 1 is 0.283 bits per heavy atom. The van der Waals surface area contributed by atoms with Gasteiger partial charge in [-0.1, -0.05) is 157 Å². The van der Waals surface area contributed by atoms with E-state index in [9.17, 15) is 0 Å². The second-order valence-corrected chi connectivity index (χ2v) is 19.0. The molecular formula is C59H47N. The normalized spacial score (nSPS) is 15.6. The molecule has 0 amide bonds. The van der Waals surface area contributed by atoms with E-state index in [1.54, 1.807) is 0 Å². The molecule has 3 aliphatic rings. The molecule has 0 fully saturated rings. The van der Waals surface area contributed by atoms with Crippen LogP contribution in [0.3, 0.4) is 0 Å². The fourth-order valence-electron chi connectivity index (χ4n) is 11.3. The number of fused-ring (bicyclic) bond motifs is 12. The first-order valence-electron chi connectivity index (χ1n) is 21.5. The zero-order chi connectivity index (χ0) is 40.7. The highest BCUT2D eigenvalue weighted by atomic mass is 15.1. The molecule has 1 nitrogen and oxygen atoms in total. The number of rotatable bonds is 4. The fourth-order valence-corrected chi connectivity index (χ4v) is 11.3. The van der Waals surface area contributed by atoms with E-state index in [1.165, 1.54) is 105 Å². The molecule has 0 unspecified atom stereocenters. The number of benzene rings is 9. The summed E-state index contributed by atoms with van der Waals surface area (Å²) in [5.74, 6) is 0. The van der Waals surface area contributed by atoms with Crippen LogP contribution in [0.2, 0.25) is 0 Å². The van der Waals surface area contributed by atoms with Crippen molar-refractivity contribution in [1.29, 1.82) is 0 Å². The highest BCUT2D eigenvalue weighted by Gasteiger charge is 2.44. The van der Waals surface area contributed by atoms with Crippen LogP contribution in [0.4, 0.5) is 17.1 Å². The Morgan fingerprint density at radius 3 is 1.43 bits per heavy atom. The second kappa shape index (κ2) is 12.2. The number of nitrogens with zero attached hydrogens (tertiary/aromatic N) is 1. The highest BCUT2D eigenvalue weighted by molar-refractivity contribution is 6.05. The first-order valence-corrected chi connectivity index (χ1v) is 21.5. The standard InChI is InChI=1S/C59H47N/c1-57(2)49-19-13-12-18-45(49)46-27-26-44(35-54(46)57)60(42-23-20-37(21-24-42)36-14-8-7-9-15-36)43-25-22-40-32-48-53(34-41(40)30-43)59(5,6)51-29-28-50-55(56(48)51)47-31-38-16-10-11-17-39(38)33-52(47)58(50,3)4/h7-35H,1-6H3. The lowest BCUT2D eigenvalue weighted by Gasteiger charge is -2.28. The predicted molar refractivity (Wildman–Crippen MR) is 254 cm³/mol. The second-order valence-electron chi connectivity index (χ2n) is 19.0. The molecule has 3 aliphatic carbocycles. The molecular weight excluding hydrogens is 723 g/mol. The minimum atomic E-state index is -0.152. The van der Waals surface area contributed by atoms with Gasteiger partial charge in [-0.05, 0) is 160 Å². The van der Waals surface area contributed by atoms with E-state index in [2.05, 4.69) is 222 Å². The summed E-state index contributed by atoms with van der Waals surface area (Å²) < 4.78 is 0. The van der Waals surface area contributed by atoms with E-state index in [0.29, 0.717) is 0 Å². The molecule has 0 radical (unpaired) electrons. The smallest absolute Gasteiger partial charge is 0.0468 e. The molecule has 0 bridgehead atoms. The Bertz CT molecular complexity index is 3270. The van der Waals surface area contributed by atoms with Gasteiger partial charge in [-0.2, -0.15) is 0 Å². The summed E-state index contributed by atoms with van der Waals surface area (Å²) in [6, 6.07) is 66.5. The van der Waals surface area contributed by atoms with E-state index in [0.717, 1.165) is 11.4 Å². The molecule has 0 heterocycles. The predicted octanol–water partition coefficient (Wildman–Crippen LogP) is 16.0. The maximum absolute atomic E-state index is 2.50. The van der Waals surface area contributed by atoms with Gasteiger partial charge in [0.15, 0.2) is 0 Å². The van der Waals surface area contributed by atoms with Gasteiger partial charge in [-0.15, -0.1) is 0 Å². The molecule has 9 aromatic rings. The third kappa shape index (κ3) is 4.81. The van der Waals surface area contributed by atoms with Crippen LogP contribution in [0.15, 0.2) is 176 Å². The molecule has 0 N–H and O–H groups in total. The lowest BCUT2D eigenvalue weighted by Crippen LogP contribution is -2.17. The van der Waals surface area contributed by atoms with Crippen molar-refractivity contribution in [3.05, 3.63) is 209 Å². The van der Waals surface area contributed by atoms with Gasteiger partial charge in [-0.3, -0.25) is 0 Å². The van der Waals surface area contributed by atoms with Crippen molar-refractivity contribution in [1.82, 2.24) is 0 Å². The van der Waals surface area contributed by atoms with Gasteiger partial charge in [0.2, 0.25) is 0 Å². The van der Waals surface area contributed by atoms with Gasteiger partial charge in [0.25, 0.3) is 0 Å². The first-order chi connectivity index (χ1) is 29.0. The summed E-state index contributed by atoms with van der Waals surface area (Å²) in [5, 5.41) is 5.14. The van der Waals surface area contributed by atoms with Crippen LogP contribution >= 0.6 is 0 Å². The quantitative estimate of drug-likeness (QED) is 0.172. The Kier molecular flexibility index (Phi) is 7.16. The van der Waals surface area contributed by atoms with Gasteiger partial charge in [0.1, 0.15) is 0 Å². The summed E-state index contributed by atoms with van der Waals surface area (Å²) in [6.07, 6.45) is 0. The highest BCUT2D eigenvalue weighted by Crippen LogP contribution is 2.60. The molecule has 0 saturated carbocycles. The minimum Gasteiger partial charge on any atom is -0.310 e. The topological polar surface area (TPSA) is 3.24 Å². The van der Waals surface area contributed by atoms with Crippen molar-refractivity contribution in [2.45, 2.75) is 57.8 Å². The van der Waals surface area contributed by atoms with Crippen LogP contribution < -0.4 is 4.90 Å². The van der Waals surface area contributed by atoms with Gasteiger partial charge >= 0.3 is 0 Å². The van der Waals surface area contributed by atoms with E-state index in [4.69, 9.17) is 0 Å². The Labute approximate surface area is 353 Å². The van der Waals surface area contributed by atoms with Crippen LogP contribution in [-0.4, -0.2) is 0 Å². The van der Waals surface area contributed by atoms with Crippen LogP contribution in [-0.2, 0) is 16.2 Å². The summed E-state index contributed by atoms with van der Waals surface area (Å²) in [5.41, 5.74) is 22.3. The number of hydrogen-bond acceptors (Lipinski definition) is 1. The lowest BCUT2D eigenvalue weighted by molar-refractivity contribution is 0.651. The van der Waals surface area contributed by atoms with Gasteiger partial charge in [-0.25, -0.2) is 0 Å². The van der Waals surface area contributed by atoms with E-state index >= 15 is 0 Å². The maximum Gasteiger partial charge on any atom is 0.0468 e. The van der Waals surface area contributed by atoms with E-state index in [-0.39, 0.29) is 16.2 Å². The van der Waals surface area contributed by atoms with Crippen molar-refractivity contribution in [3.8, 4) is 44.5 Å². The third-order valence-corrected chi connectivity index (χ3v) is 14.6. The van der Waals surface area contributed by atoms with E-state index < -0.39 is 0 Å². The van der Waals surface area contributed by atoms with Gasteiger partial charge in [0, 0.05) is 33.3 Å². The zero-order valence-electron chi connectivity index (χ0n) is 35.2. The first kappa shape index (κ1) is 35.3. The molecule has 0 aliphatic heterocycles. The number of anilines is 3. The fraction of sp³-hybridized carbons (Fsp3) is 0.153. The zero-order valence-corrected chi connectivity index (χ0v) is 35.2. The van der Waals surface area contributed by atoms with Crippen LogP contribution in [0.5, 0.6) is 0 Å². The molecule has 0 atom stereocenters. The van der Waals surface area contributed by atoms with Gasteiger partial charge < -0.3 is 4.90 Å². The summed E-state index contributed by atoms with van der Waals surface area (Å²) in [7, 11) is 0. The molecule has 288 valence electrons. The monoisotopic (exact) mass is 769 g/mol. The van der Waals surface area contributed by atoms with Crippen molar-refractivity contribution in [2.24, 2.45) is 0 Å². The summed E-state index contributed by atoms with van der Waals surface area (Å²) in [4.78, 5) is 2.46. The average Bonchev–Trinajstić information content (AvgIpc) is 3.74. The van der Waals surface area contributed by atoms with Crippen LogP contribution in [0, 0.1) is 0 Å². The largest absolute Gasteiger partial charge is 0.310 e. The maximum atomic E-state index is 2.50. The van der Waals surface area contributed by atoms with Crippen molar-refractivity contribution in [2.75, 3.05) is 4.90 Å². The van der Waals surface area contributed by atoms with Gasteiger partial charge in [0.05, 0.1) is 0 Å². The Hall–Kier alpha value is -6.70. The lowest BCUT2D eigenvalue weighted by atomic mass is 9.79. The minimum absolute atomic E-state index is 0.0826. The van der Waals surface area contributed by atoms with Crippen molar-refractivity contribution in [3.63, 3.8) is 0 Å². The molecule has 60 heavy (non-hydrogen) atoms. The molecule has 0 aromatic heterocycles. The Morgan fingerprint density at radius 2 is 0.750 bits per heavy atom. The SMILES string of the molecule is CC1(C)c2ccccc2-c2ccc(N(c3ccc(-c4ccccc4)cc3)c3ccc4cc5c(cc4c3)C(C)(C)c3ccc4c(c3-5)-c3cc5ccccc5cc3C4(C)C)cc21. The summed E-state index contributed by atoms with van der Waals surface area (Å²) in [6.45, 7) is 14.4. The van der Waals surface area contributed by atoms with Crippen LogP contribution in [0.1, 0.15) is 74.9 Å². The molecule has 12 rings (SSSR count). The number of hydrogen-bond donors (Lipinski definition) is 0. The van der Waals surface area contributed by atoms with Crippen molar-refractivity contribution < 1.29 is 0 Å². The molecule has 9 aromatic carbocycles. The third-order valence-electron chi connectivity index (χ3n) is 14.6. The molecule has 0 spiro atoms. The van der Waals surface area contributed by atoms with E-state index in [1.807, 2.05) is 0 Å². The van der Waals surface area contributed by atoms with Crippen molar-refractivity contribution >= 4 is 38.6 Å². The summed E-state index contributed by atoms with van der Waals surface area (Å²) >= 11 is 0. The average molecular weight is 770 g/mol. The molecule has 1 heteroatoms.